The van der Waals surface area contributed by atoms with Gasteiger partial charge in [-0.3, -0.25) is 0 Å². The summed E-state index contributed by atoms with van der Waals surface area (Å²) in [6.07, 6.45) is -0.0747. The lowest BCUT2D eigenvalue weighted by Gasteiger charge is -2.37. The maximum Gasteiger partial charge on any atom is 0.341 e. The number of para-hydroxylation sites is 2. The van der Waals surface area contributed by atoms with Gasteiger partial charge in [-0.05, 0) is 43.3 Å². The van der Waals surface area contributed by atoms with Crippen molar-refractivity contribution in [2.75, 3.05) is 36.5 Å². The summed E-state index contributed by atoms with van der Waals surface area (Å²) in [5.41, 5.74) is 1.80. The van der Waals surface area contributed by atoms with E-state index < -0.39 is 15.6 Å². The Labute approximate surface area is 158 Å². The quantitative estimate of drug-likeness (QED) is 0.749. The summed E-state index contributed by atoms with van der Waals surface area (Å²) < 4.78 is 54.4. The summed E-state index contributed by atoms with van der Waals surface area (Å²) in [6.45, 7) is 4.26. The highest BCUT2D eigenvalue weighted by molar-refractivity contribution is 7.91. The van der Waals surface area contributed by atoms with Crippen LogP contribution < -0.4 is 14.5 Å². The molecule has 3 rings (SSSR count). The Morgan fingerprint density at radius 3 is 2.48 bits per heavy atom. The maximum atomic E-state index is 12.6. The standard InChI is InChI=1S/C19H22F2N2O3S/c1-3-23-13-15(26-18-7-5-4-6-17(18)23)12-22(2)14-8-10-16(11-9-14)27(24,25)19(20)21/h4-11,15,19H,3,12-13H2,1-2H3. The summed E-state index contributed by atoms with van der Waals surface area (Å²) in [7, 11) is -2.72. The van der Waals surface area contributed by atoms with Crippen LogP contribution in [0.2, 0.25) is 0 Å². The summed E-state index contributed by atoms with van der Waals surface area (Å²) in [5.74, 6) is -2.58. The first-order valence-electron chi connectivity index (χ1n) is 8.66. The first-order chi connectivity index (χ1) is 12.8. The molecule has 1 atom stereocenters. The Morgan fingerprint density at radius 1 is 1.19 bits per heavy atom. The fourth-order valence-electron chi connectivity index (χ4n) is 3.18. The Morgan fingerprint density at radius 2 is 1.85 bits per heavy atom. The zero-order valence-corrected chi connectivity index (χ0v) is 16.0. The van der Waals surface area contributed by atoms with Crippen LogP contribution in [0.1, 0.15) is 6.92 Å². The molecule has 0 radical (unpaired) electrons. The molecular formula is C19H22F2N2O3S. The van der Waals surface area contributed by atoms with Crippen molar-refractivity contribution in [1.29, 1.82) is 0 Å². The van der Waals surface area contributed by atoms with Gasteiger partial charge in [0.15, 0.2) is 0 Å². The van der Waals surface area contributed by atoms with Crippen molar-refractivity contribution in [2.45, 2.75) is 23.7 Å². The third-order valence-corrected chi connectivity index (χ3v) is 6.02. The first kappa shape index (κ1) is 19.4. The molecule has 0 aliphatic carbocycles. The van der Waals surface area contributed by atoms with E-state index in [1.807, 2.05) is 36.2 Å². The number of anilines is 2. The van der Waals surface area contributed by atoms with Gasteiger partial charge in [-0.1, -0.05) is 12.1 Å². The van der Waals surface area contributed by atoms with Crippen LogP contribution in [0.15, 0.2) is 53.4 Å². The van der Waals surface area contributed by atoms with Crippen molar-refractivity contribution in [2.24, 2.45) is 0 Å². The van der Waals surface area contributed by atoms with Crippen LogP contribution in [0, 0.1) is 0 Å². The SMILES string of the molecule is CCN1CC(CN(C)c2ccc(S(=O)(=O)C(F)F)cc2)Oc2ccccc21. The van der Waals surface area contributed by atoms with E-state index >= 15 is 0 Å². The molecule has 8 heteroatoms. The monoisotopic (exact) mass is 396 g/mol. The Kier molecular flexibility index (Phi) is 5.55. The number of fused-ring (bicyclic) bond motifs is 1. The number of hydrogen-bond donors (Lipinski definition) is 0. The second-order valence-corrected chi connectivity index (χ2v) is 8.34. The van der Waals surface area contributed by atoms with E-state index in [1.165, 1.54) is 24.3 Å². The molecule has 0 N–H and O–H groups in total. The molecule has 1 heterocycles. The molecule has 146 valence electrons. The van der Waals surface area contributed by atoms with Gasteiger partial charge < -0.3 is 14.5 Å². The fourth-order valence-corrected chi connectivity index (χ4v) is 3.90. The number of ether oxygens (including phenoxy) is 1. The number of sulfone groups is 1. The smallest absolute Gasteiger partial charge is 0.341 e. The topological polar surface area (TPSA) is 49.9 Å². The molecular weight excluding hydrogens is 374 g/mol. The maximum absolute atomic E-state index is 12.6. The van der Waals surface area contributed by atoms with E-state index in [9.17, 15) is 17.2 Å². The zero-order valence-electron chi connectivity index (χ0n) is 15.2. The number of alkyl halides is 2. The van der Waals surface area contributed by atoms with Gasteiger partial charge in [0.05, 0.1) is 23.7 Å². The van der Waals surface area contributed by atoms with E-state index in [0.717, 1.165) is 30.2 Å². The number of hydrogen-bond acceptors (Lipinski definition) is 5. The average Bonchev–Trinajstić information content (AvgIpc) is 2.67. The minimum Gasteiger partial charge on any atom is -0.485 e. The molecule has 0 bridgehead atoms. The average molecular weight is 396 g/mol. The molecule has 2 aromatic rings. The third kappa shape index (κ3) is 4.00. The molecule has 0 saturated heterocycles. The van der Waals surface area contributed by atoms with Gasteiger partial charge >= 0.3 is 5.76 Å². The highest BCUT2D eigenvalue weighted by atomic mass is 32.2. The van der Waals surface area contributed by atoms with Gasteiger partial charge in [0.2, 0.25) is 9.84 Å². The van der Waals surface area contributed by atoms with Crippen LogP contribution in [-0.4, -0.2) is 47.0 Å². The van der Waals surface area contributed by atoms with Gasteiger partial charge in [-0.2, -0.15) is 8.78 Å². The largest absolute Gasteiger partial charge is 0.485 e. The van der Waals surface area contributed by atoms with E-state index in [-0.39, 0.29) is 11.0 Å². The summed E-state index contributed by atoms with van der Waals surface area (Å²) in [5, 5.41) is 0. The van der Waals surface area contributed by atoms with Crippen molar-refractivity contribution < 1.29 is 21.9 Å². The fraction of sp³-hybridized carbons (Fsp3) is 0.368. The van der Waals surface area contributed by atoms with Crippen molar-refractivity contribution in [3.05, 3.63) is 48.5 Å². The second kappa shape index (κ2) is 7.72. The highest BCUT2D eigenvalue weighted by Crippen LogP contribution is 2.33. The van der Waals surface area contributed by atoms with Crippen molar-refractivity contribution in [3.8, 4) is 5.75 Å². The van der Waals surface area contributed by atoms with E-state index in [1.54, 1.807) is 0 Å². The highest BCUT2D eigenvalue weighted by Gasteiger charge is 2.27. The van der Waals surface area contributed by atoms with Crippen LogP contribution in [0.4, 0.5) is 20.2 Å². The van der Waals surface area contributed by atoms with Crippen LogP contribution >= 0.6 is 0 Å². The summed E-state index contributed by atoms with van der Waals surface area (Å²) >= 11 is 0. The molecule has 1 unspecified atom stereocenters. The second-order valence-electron chi connectivity index (χ2n) is 6.43. The molecule has 0 saturated carbocycles. The van der Waals surface area contributed by atoms with Crippen LogP contribution in [-0.2, 0) is 9.84 Å². The van der Waals surface area contributed by atoms with Crippen molar-refractivity contribution in [3.63, 3.8) is 0 Å². The first-order valence-corrected chi connectivity index (χ1v) is 10.2. The van der Waals surface area contributed by atoms with Gasteiger partial charge in [0.1, 0.15) is 11.9 Å². The normalized spacial score (nSPS) is 16.8. The number of halogens is 2. The van der Waals surface area contributed by atoms with Crippen LogP contribution in [0.3, 0.4) is 0 Å². The van der Waals surface area contributed by atoms with E-state index in [4.69, 9.17) is 4.74 Å². The molecule has 0 amide bonds. The number of nitrogens with zero attached hydrogens (tertiary/aromatic N) is 2. The molecule has 0 aromatic heterocycles. The zero-order chi connectivity index (χ0) is 19.6. The minimum atomic E-state index is -4.57. The van der Waals surface area contributed by atoms with Crippen molar-refractivity contribution >= 4 is 21.2 Å². The molecule has 2 aromatic carbocycles. The number of likely N-dealkylation sites (N-methyl/N-ethyl adjacent to an activating group) is 2. The number of rotatable bonds is 6. The molecule has 1 aliphatic heterocycles. The van der Waals surface area contributed by atoms with E-state index in [0.29, 0.717) is 6.54 Å². The summed E-state index contributed by atoms with van der Waals surface area (Å²) in [6, 6.07) is 13.4. The lowest BCUT2D eigenvalue weighted by atomic mass is 10.1. The van der Waals surface area contributed by atoms with Gasteiger partial charge in [-0.25, -0.2) is 8.42 Å². The van der Waals surface area contributed by atoms with E-state index in [2.05, 4.69) is 11.8 Å². The molecule has 1 aliphatic rings. The number of benzene rings is 2. The van der Waals surface area contributed by atoms with Gasteiger partial charge in [-0.15, -0.1) is 0 Å². The molecule has 0 fully saturated rings. The Balaban J connectivity index is 1.72. The molecule has 27 heavy (non-hydrogen) atoms. The summed E-state index contributed by atoms with van der Waals surface area (Å²) in [4.78, 5) is 3.79. The predicted octanol–water partition coefficient (Wildman–Crippen LogP) is 3.41. The lowest BCUT2D eigenvalue weighted by Crippen LogP contribution is -2.45. The van der Waals surface area contributed by atoms with Gasteiger partial charge in [0, 0.05) is 19.3 Å². The lowest BCUT2D eigenvalue weighted by molar-refractivity contribution is 0.200. The van der Waals surface area contributed by atoms with Crippen molar-refractivity contribution in [1.82, 2.24) is 0 Å². The molecule has 5 nitrogen and oxygen atoms in total. The third-order valence-electron chi connectivity index (χ3n) is 4.62. The van der Waals surface area contributed by atoms with Crippen LogP contribution in [0.5, 0.6) is 5.75 Å². The Hall–Kier alpha value is -2.35. The predicted molar refractivity (Wildman–Crippen MR) is 102 cm³/mol. The minimum absolute atomic E-state index is 0.0747. The van der Waals surface area contributed by atoms with Crippen LogP contribution in [0.25, 0.3) is 0 Å². The Bertz CT molecular complexity index is 888. The van der Waals surface area contributed by atoms with Gasteiger partial charge in [0.25, 0.3) is 0 Å². The molecule has 0 spiro atoms.